The van der Waals surface area contributed by atoms with Crippen LogP contribution in [0.25, 0.3) is 11.0 Å². The van der Waals surface area contributed by atoms with Crippen molar-refractivity contribution in [3.63, 3.8) is 0 Å². The summed E-state index contributed by atoms with van der Waals surface area (Å²) in [5, 5.41) is 21.5. The van der Waals surface area contributed by atoms with Gasteiger partial charge in [-0.15, -0.1) is 5.10 Å². The molecule has 2 N–H and O–H groups in total. The van der Waals surface area contributed by atoms with Gasteiger partial charge in [0.1, 0.15) is 17.9 Å². The highest BCUT2D eigenvalue weighted by Gasteiger charge is 2.05. The quantitative estimate of drug-likeness (QED) is 0.721. The largest absolute Gasteiger partial charge is 0.506 e. The lowest BCUT2D eigenvalue weighted by molar-refractivity contribution is 0.476. The van der Waals surface area contributed by atoms with Crippen molar-refractivity contribution < 1.29 is 5.11 Å². The number of phenols is 1. The molecular formula is C13H11ClN4O. The molecule has 6 heteroatoms. The Hall–Kier alpha value is -2.27. The Morgan fingerprint density at radius 2 is 2.05 bits per heavy atom. The summed E-state index contributed by atoms with van der Waals surface area (Å²) in [5.74, 6) is 0.147. The molecule has 0 amide bonds. The average molecular weight is 275 g/mol. The molecule has 0 spiro atoms. The van der Waals surface area contributed by atoms with Gasteiger partial charge in [0, 0.05) is 5.02 Å². The number of phenolic OH excluding ortho intramolecular Hbond substituents is 1. The molecule has 1 heterocycles. The molecule has 0 bridgehead atoms. The van der Waals surface area contributed by atoms with E-state index in [4.69, 9.17) is 11.6 Å². The van der Waals surface area contributed by atoms with Crippen LogP contribution in [0.3, 0.4) is 0 Å². The Balaban J connectivity index is 1.84. The van der Waals surface area contributed by atoms with Crippen LogP contribution in [-0.2, 0) is 6.67 Å². The third kappa shape index (κ3) is 2.32. The van der Waals surface area contributed by atoms with Crippen LogP contribution in [0, 0.1) is 0 Å². The number of halogens is 1. The standard InChI is InChI=1S/C13H11ClN4O/c14-9-5-6-13(19)11(7-9)15-8-18-12-4-2-1-3-10(12)16-17-18/h1-7,15,19H,8H2. The lowest BCUT2D eigenvalue weighted by atomic mass is 10.3. The van der Waals surface area contributed by atoms with Gasteiger partial charge in [-0.2, -0.15) is 0 Å². The second-order valence-electron chi connectivity index (χ2n) is 4.07. The van der Waals surface area contributed by atoms with Gasteiger partial charge in [0.05, 0.1) is 11.2 Å². The van der Waals surface area contributed by atoms with Crippen molar-refractivity contribution >= 4 is 28.3 Å². The Morgan fingerprint density at radius 3 is 2.95 bits per heavy atom. The molecule has 0 fully saturated rings. The number of benzene rings is 2. The van der Waals surface area contributed by atoms with Crippen LogP contribution in [0.5, 0.6) is 5.75 Å². The predicted octanol–water partition coefficient (Wildman–Crippen LogP) is 2.86. The number of aromatic nitrogens is 3. The fourth-order valence-corrected chi connectivity index (χ4v) is 2.02. The first kappa shape index (κ1) is 11.8. The number of fused-ring (bicyclic) bond motifs is 1. The van der Waals surface area contributed by atoms with E-state index in [1.54, 1.807) is 22.9 Å². The van der Waals surface area contributed by atoms with Crippen molar-refractivity contribution in [2.75, 3.05) is 5.32 Å². The second-order valence-corrected chi connectivity index (χ2v) is 4.51. The number of nitrogens with zero attached hydrogens (tertiary/aromatic N) is 3. The molecule has 0 radical (unpaired) electrons. The molecule has 2 aromatic carbocycles. The van der Waals surface area contributed by atoms with E-state index in [1.165, 1.54) is 0 Å². The summed E-state index contributed by atoms with van der Waals surface area (Å²) in [6.45, 7) is 0.397. The third-order valence-corrected chi connectivity index (χ3v) is 3.03. The number of hydrogen-bond donors (Lipinski definition) is 2. The third-order valence-electron chi connectivity index (χ3n) is 2.80. The van der Waals surface area contributed by atoms with Crippen molar-refractivity contribution in [3.05, 3.63) is 47.5 Å². The van der Waals surface area contributed by atoms with Crippen molar-refractivity contribution in [1.82, 2.24) is 15.0 Å². The van der Waals surface area contributed by atoms with Crippen molar-refractivity contribution in [1.29, 1.82) is 0 Å². The highest BCUT2D eigenvalue weighted by Crippen LogP contribution is 2.26. The topological polar surface area (TPSA) is 63.0 Å². The van der Waals surface area contributed by atoms with E-state index in [-0.39, 0.29) is 5.75 Å². The summed E-state index contributed by atoms with van der Waals surface area (Å²) in [4.78, 5) is 0. The van der Waals surface area contributed by atoms with Gasteiger partial charge in [0.15, 0.2) is 0 Å². The molecule has 19 heavy (non-hydrogen) atoms. The van der Waals surface area contributed by atoms with Gasteiger partial charge in [0.2, 0.25) is 0 Å². The van der Waals surface area contributed by atoms with Crippen molar-refractivity contribution in [3.8, 4) is 5.75 Å². The molecule has 0 saturated carbocycles. The molecule has 0 unspecified atom stereocenters. The summed E-state index contributed by atoms with van der Waals surface area (Å²) in [5.41, 5.74) is 2.32. The van der Waals surface area contributed by atoms with Gasteiger partial charge < -0.3 is 10.4 Å². The maximum Gasteiger partial charge on any atom is 0.138 e. The van der Waals surface area contributed by atoms with Crippen LogP contribution in [0.15, 0.2) is 42.5 Å². The first-order valence-corrected chi connectivity index (χ1v) is 6.12. The van der Waals surface area contributed by atoms with Crippen LogP contribution in [0.2, 0.25) is 5.02 Å². The van der Waals surface area contributed by atoms with E-state index in [1.807, 2.05) is 24.3 Å². The van der Waals surface area contributed by atoms with Crippen molar-refractivity contribution in [2.24, 2.45) is 0 Å². The van der Waals surface area contributed by atoms with Gasteiger partial charge in [-0.25, -0.2) is 4.68 Å². The molecule has 0 saturated heterocycles. The number of nitrogens with one attached hydrogen (secondary N) is 1. The van der Waals surface area contributed by atoms with Gasteiger partial charge in [-0.1, -0.05) is 28.9 Å². The number of hydrogen-bond acceptors (Lipinski definition) is 4. The normalized spacial score (nSPS) is 10.8. The number of para-hydroxylation sites is 1. The minimum atomic E-state index is 0.147. The van der Waals surface area contributed by atoms with E-state index in [0.29, 0.717) is 17.4 Å². The van der Waals surface area contributed by atoms with Crippen molar-refractivity contribution in [2.45, 2.75) is 6.67 Å². The minimum absolute atomic E-state index is 0.147. The molecule has 1 aromatic heterocycles. The number of anilines is 1. The molecule has 5 nitrogen and oxygen atoms in total. The Bertz CT molecular complexity index is 725. The van der Waals surface area contributed by atoms with Gasteiger partial charge in [-0.3, -0.25) is 0 Å². The predicted molar refractivity (Wildman–Crippen MR) is 74.3 cm³/mol. The summed E-state index contributed by atoms with van der Waals surface area (Å²) in [6, 6.07) is 12.5. The smallest absolute Gasteiger partial charge is 0.138 e. The molecule has 96 valence electrons. The summed E-state index contributed by atoms with van der Waals surface area (Å²) >= 11 is 5.89. The van der Waals surface area contributed by atoms with Crippen LogP contribution in [-0.4, -0.2) is 20.1 Å². The first-order valence-electron chi connectivity index (χ1n) is 5.74. The zero-order valence-electron chi connectivity index (χ0n) is 9.92. The zero-order valence-corrected chi connectivity index (χ0v) is 10.7. The van der Waals surface area contributed by atoms with Crippen LogP contribution in [0.4, 0.5) is 5.69 Å². The van der Waals surface area contributed by atoms with Crippen LogP contribution < -0.4 is 5.32 Å². The van der Waals surface area contributed by atoms with Gasteiger partial charge in [0.25, 0.3) is 0 Å². The maximum absolute atomic E-state index is 9.71. The average Bonchev–Trinajstić information content (AvgIpc) is 2.83. The first-order chi connectivity index (χ1) is 9.24. The lowest BCUT2D eigenvalue weighted by Gasteiger charge is -2.09. The van der Waals surface area contributed by atoms with E-state index in [2.05, 4.69) is 15.6 Å². The monoisotopic (exact) mass is 274 g/mol. The Labute approximate surface area is 114 Å². The Kier molecular flexibility index (Phi) is 2.97. The van der Waals surface area contributed by atoms with Crippen LogP contribution >= 0.6 is 11.6 Å². The highest BCUT2D eigenvalue weighted by atomic mass is 35.5. The zero-order chi connectivity index (χ0) is 13.2. The lowest BCUT2D eigenvalue weighted by Crippen LogP contribution is -2.09. The minimum Gasteiger partial charge on any atom is -0.506 e. The highest BCUT2D eigenvalue weighted by molar-refractivity contribution is 6.30. The molecule has 3 aromatic rings. The molecular weight excluding hydrogens is 264 g/mol. The van der Waals surface area contributed by atoms with E-state index < -0.39 is 0 Å². The van der Waals surface area contributed by atoms with Gasteiger partial charge >= 0.3 is 0 Å². The van der Waals surface area contributed by atoms with Crippen LogP contribution in [0.1, 0.15) is 0 Å². The van der Waals surface area contributed by atoms with Gasteiger partial charge in [-0.05, 0) is 30.3 Å². The Morgan fingerprint density at radius 1 is 1.21 bits per heavy atom. The fraction of sp³-hybridized carbons (Fsp3) is 0.0769. The maximum atomic E-state index is 9.71. The number of rotatable bonds is 3. The summed E-state index contributed by atoms with van der Waals surface area (Å²) < 4.78 is 1.72. The second kappa shape index (κ2) is 4.78. The molecule has 0 aliphatic heterocycles. The summed E-state index contributed by atoms with van der Waals surface area (Å²) in [7, 11) is 0. The fourth-order valence-electron chi connectivity index (χ4n) is 1.84. The van der Waals surface area contributed by atoms with E-state index in [0.717, 1.165) is 11.0 Å². The number of aromatic hydroxyl groups is 1. The van der Waals surface area contributed by atoms with E-state index in [9.17, 15) is 5.11 Å². The SMILES string of the molecule is Oc1ccc(Cl)cc1NCn1nnc2ccccc21. The summed E-state index contributed by atoms with van der Waals surface area (Å²) in [6.07, 6.45) is 0. The molecule has 3 rings (SSSR count). The molecule has 0 atom stereocenters. The van der Waals surface area contributed by atoms with E-state index >= 15 is 0 Å². The molecule has 0 aliphatic rings. The molecule has 0 aliphatic carbocycles.